The summed E-state index contributed by atoms with van der Waals surface area (Å²) in [6.07, 6.45) is 2.00. The Kier molecular flexibility index (Phi) is 5.22. The highest BCUT2D eigenvalue weighted by atomic mass is 32.1. The lowest BCUT2D eigenvalue weighted by Crippen LogP contribution is -2.19. The molecular formula is C20H17FN4O3S. The SMILES string of the molecule is O=C(Nc1nc(-c2ccc(F)cc2)cs1)c1ccc(N2CCCC2)c([N+](=O)[O-])c1. The molecule has 0 bridgehead atoms. The van der Waals surface area contributed by atoms with Crippen molar-refractivity contribution in [2.75, 3.05) is 23.3 Å². The van der Waals surface area contributed by atoms with E-state index in [0.717, 1.165) is 31.5 Å². The third-order valence-corrected chi connectivity index (χ3v) is 5.50. The van der Waals surface area contributed by atoms with Crippen molar-refractivity contribution in [3.05, 3.63) is 69.3 Å². The van der Waals surface area contributed by atoms with E-state index < -0.39 is 10.8 Å². The summed E-state index contributed by atoms with van der Waals surface area (Å²) in [7, 11) is 0. The Morgan fingerprint density at radius 3 is 2.59 bits per heavy atom. The molecule has 4 rings (SSSR count). The maximum Gasteiger partial charge on any atom is 0.293 e. The summed E-state index contributed by atoms with van der Waals surface area (Å²) in [4.78, 5) is 29.9. The van der Waals surface area contributed by atoms with Crippen LogP contribution in [0.3, 0.4) is 0 Å². The standard InChI is InChI=1S/C20H17FN4O3S/c21-15-6-3-13(4-7-15)16-12-29-20(22-16)23-19(26)14-5-8-17(18(11-14)25(27)28)24-9-1-2-10-24/h3-8,11-12H,1-2,9-10H2,(H,22,23,26). The number of halogens is 1. The molecule has 1 N–H and O–H groups in total. The van der Waals surface area contributed by atoms with Crippen molar-refractivity contribution < 1.29 is 14.1 Å². The fourth-order valence-electron chi connectivity index (χ4n) is 3.29. The van der Waals surface area contributed by atoms with Gasteiger partial charge >= 0.3 is 0 Å². The first-order chi connectivity index (χ1) is 14.0. The number of benzene rings is 2. The highest BCUT2D eigenvalue weighted by Gasteiger charge is 2.24. The normalized spacial score (nSPS) is 13.5. The highest BCUT2D eigenvalue weighted by Crippen LogP contribution is 2.32. The van der Waals surface area contributed by atoms with Gasteiger partial charge < -0.3 is 4.90 Å². The lowest BCUT2D eigenvalue weighted by molar-refractivity contribution is -0.384. The first-order valence-corrected chi connectivity index (χ1v) is 9.95. The molecule has 1 saturated heterocycles. The molecule has 2 aromatic carbocycles. The molecule has 7 nitrogen and oxygen atoms in total. The summed E-state index contributed by atoms with van der Waals surface area (Å²) in [5.41, 5.74) is 2.00. The first kappa shape index (κ1) is 19.0. The van der Waals surface area contributed by atoms with E-state index >= 15 is 0 Å². The van der Waals surface area contributed by atoms with E-state index in [1.807, 2.05) is 4.90 Å². The van der Waals surface area contributed by atoms with Gasteiger partial charge in [0.25, 0.3) is 11.6 Å². The molecule has 1 aromatic heterocycles. The number of hydrogen-bond acceptors (Lipinski definition) is 6. The minimum atomic E-state index is -0.471. The quantitative estimate of drug-likeness (QED) is 0.484. The van der Waals surface area contributed by atoms with Gasteiger partial charge in [0, 0.05) is 35.7 Å². The third kappa shape index (κ3) is 4.09. The number of thiazole rings is 1. The lowest BCUT2D eigenvalue weighted by atomic mass is 10.1. The molecule has 2 heterocycles. The van der Waals surface area contributed by atoms with Gasteiger partial charge in [0.1, 0.15) is 11.5 Å². The van der Waals surface area contributed by atoms with Gasteiger partial charge in [-0.15, -0.1) is 11.3 Å². The van der Waals surface area contributed by atoms with Gasteiger partial charge in [-0.3, -0.25) is 20.2 Å². The van der Waals surface area contributed by atoms with E-state index in [9.17, 15) is 19.3 Å². The van der Waals surface area contributed by atoms with E-state index in [0.29, 0.717) is 16.5 Å². The number of rotatable bonds is 5. The topological polar surface area (TPSA) is 88.4 Å². The Labute approximate surface area is 170 Å². The van der Waals surface area contributed by atoms with E-state index in [1.54, 1.807) is 29.6 Å². The van der Waals surface area contributed by atoms with Gasteiger partial charge in [-0.05, 0) is 49.2 Å². The number of amides is 1. The molecule has 1 aliphatic rings. The fraction of sp³-hybridized carbons (Fsp3) is 0.200. The molecule has 0 radical (unpaired) electrons. The number of aromatic nitrogens is 1. The first-order valence-electron chi connectivity index (χ1n) is 9.07. The number of carbonyl (C=O) groups is 1. The molecule has 29 heavy (non-hydrogen) atoms. The molecule has 1 fully saturated rings. The minimum Gasteiger partial charge on any atom is -0.366 e. The van der Waals surface area contributed by atoms with Crippen LogP contribution in [0.25, 0.3) is 11.3 Å². The van der Waals surface area contributed by atoms with Gasteiger partial charge in [-0.1, -0.05) is 0 Å². The van der Waals surface area contributed by atoms with Crippen molar-refractivity contribution >= 4 is 33.8 Å². The summed E-state index contributed by atoms with van der Waals surface area (Å²) in [5, 5.41) is 16.3. The van der Waals surface area contributed by atoms with Crippen molar-refractivity contribution in [1.29, 1.82) is 0 Å². The highest BCUT2D eigenvalue weighted by molar-refractivity contribution is 7.14. The Balaban J connectivity index is 1.53. The molecular weight excluding hydrogens is 395 g/mol. The zero-order valence-corrected chi connectivity index (χ0v) is 16.1. The van der Waals surface area contributed by atoms with Crippen LogP contribution < -0.4 is 10.2 Å². The number of nitro groups is 1. The smallest absolute Gasteiger partial charge is 0.293 e. The molecule has 0 spiro atoms. The Bertz CT molecular complexity index is 1060. The maximum absolute atomic E-state index is 13.1. The summed E-state index contributed by atoms with van der Waals surface area (Å²) in [6.45, 7) is 1.55. The molecule has 0 unspecified atom stereocenters. The van der Waals surface area contributed by atoms with Crippen LogP contribution in [0.4, 0.5) is 20.9 Å². The van der Waals surface area contributed by atoms with Crippen molar-refractivity contribution in [2.24, 2.45) is 0 Å². The second-order valence-electron chi connectivity index (χ2n) is 6.65. The van der Waals surface area contributed by atoms with Gasteiger partial charge in [0.2, 0.25) is 0 Å². The van der Waals surface area contributed by atoms with Gasteiger partial charge in [-0.2, -0.15) is 0 Å². The van der Waals surface area contributed by atoms with E-state index in [4.69, 9.17) is 0 Å². The monoisotopic (exact) mass is 412 g/mol. The Morgan fingerprint density at radius 1 is 1.17 bits per heavy atom. The van der Waals surface area contributed by atoms with Gasteiger partial charge in [0.15, 0.2) is 5.13 Å². The second-order valence-corrected chi connectivity index (χ2v) is 7.51. The molecule has 0 saturated carbocycles. The number of nitrogens with one attached hydrogen (secondary N) is 1. The predicted octanol–water partition coefficient (Wildman–Crippen LogP) is 4.71. The lowest BCUT2D eigenvalue weighted by Gasteiger charge is -2.17. The van der Waals surface area contributed by atoms with Crippen LogP contribution in [0.5, 0.6) is 0 Å². The largest absolute Gasteiger partial charge is 0.366 e. The van der Waals surface area contributed by atoms with E-state index in [1.165, 1.54) is 29.5 Å². The van der Waals surface area contributed by atoms with Crippen LogP contribution in [-0.2, 0) is 0 Å². The summed E-state index contributed by atoms with van der Waals surface area (Å²) in [5.74, 6) is -0.808. The average Bonchev–Trinajstić information content (AvgIpc) is 3.40. The molecule has 0 atom stereocenters. The molecule has 0 aliphatic carbocycles. The number of carbonyl (C=O) groups excluding carboxylic acids is 1. The minimum absolute atomic E-state index is 0.0781. The van der Waals surface area contributed by atoms with E-state index in [-0.39, 0.29) is 17.1 Å². The van der Waals surface area contributed by atoms with Crippen LogP contribution >= 0.6 is 11.3 Å². The Hall–Kier alpha value is -3.33. The molecule has 3 aromatic rings. The van der Waals surface area contributed by atoms with Crippen molar-refractivity contribution in [3.8, 4) is 11.3 Å². The number of anilines is 2. The van der Waals surface area contributed by atoms with Crippen molar-refractivity contribution in [1.82, 2.24) is 4.98 Å². The third-order valence-electron chi connectivity index (χ3n) is 4.75. The maximum atomic E-state index is 13.1. The Morgan fingerprint density at radius 2 is 1.90 bits per heavy atom. The second kappa shape index (κ2) is 7.96. The van der Waals surface area contributed by atoms with Crippen molar-refractivity contribution in [2.45, 2.75) is 12.8 Å². The molecule has 148 valence electrons. The summed E-state index contributed by atoms with van der Waals surface area (Å²) < 4.78 is 13.1. The zero-order valence-electron chi connectivity index (χ0n) is 15.3. The summed E-state index contributed by atoms with van der Waals surface area (Å²) >= 11 is 1.23. The molecule has 1 aliphatic heterocycles. The zero-order chi connectivity index (χ0) is 20.4. The number of nitro benzene ring substituents is 1. The number of hydrogen-bond donors (Lipinski definition) is 1. The number of nitrogens with zero attached hydrogens (tertiary/aromatic N) is 3. The van der Waals surface area contributed by atoms with Crippen LogP contribution in [0.2, 0.25) is 0 Å². The molecule has 1 amide bonds. The average molecular weight is 412 g/mol. The van der Waals surface area contributed by atoms with Crippen molar-refractivity contribution in [3.63, 3.8) is 0 Å². The predicted molar refractivity (Wildman–Crippen MR) is 110 cm³/mol. The molecule has 9 heteroatoms. The van der Waals surface area contributed by atoms with Crippen LogP contribution in [-0.4, -0.2) is 28.9 Å². The van der Waals surface area contributed by atoms with Gasteiger partial charge in [0.05, 0.1) is 10.6 Å². The van der Waals surface area contributed by atoms with Crippen LogP contribution in [0.15, 0.2) is 47.8 Å². The van der Waals surface area contributed by atoms with Gasteiger partial charge in [-0.25, -0.2) is 9.37 Å². The summed E-state index contributed by atoms with van der Waals surface area (Å²) in [6, 6.07) is 10.4. The van der Waals surface area contributed by atoms with E-state index in [2.05, 4.69) is 10.3 Å². The fourth-order valence-corrected chi connectivity index (χ4v) is 4.00. The van der Waals surface area contributed by atoms with Crippen LogP contribution in [0.1, 0.15) is 23.2 Å². The van der Waals surface area contributed by atoms with Crippen LogP contribution in [0, 0.1) is 15.9 Å².